The number of likely N-dealkylation sites (N-methyl/N-ethyl adjacent to an activating group) is 1. The van der Waals surface area contributed by atoms with Gasteiger partial charge in [0.25, 0.3) is 0 Å². The monoisotopic (exact) mass is 211 g/mol. The van der Waals surface area contributed by atoms with Crippen molar-refractivity contribution >= 4 is 0 Å². The van der Waals surface area contributed by atoms with Crippen molar-refractivity contribution in [2.24, 2.45) is 11.5 Å². The molecule has 1 aliphatic carbocycles. The van der Waals surface area contributed by atoms with Gasteiger partial charge in [0, 0.05) is 12.6 Å². The minimum absolute atomic E-state index is 0.0608. The standard InChI is InChI=1S/C11H21N3O/c1-4-14(9(3)15)11(13)6-5-10(12)8(2)7-11/h5-7,9-10,15H,4,12-13H2,1-3H3. The van der Waals surface area contributed by atoms with Crippen molar-refractivity contribution in [1.29, 1.82) is 0 Å². The average Bonchev–Trinajstić information content (AvgIpc) is 2.12. The first-order valence-electron chi connectivity index (χ1n) is 5.28. The summed E-state index contributed by atoms with van der Waals surface area (Å²) in [4.78, 5) is 1.80. The van der Waals surface area contributed by atoms with Crippen LogP contribution in [0.5, 0.6) is 0 Å². The van der Waals surface area contributed by atoms with Gasteiger partial charge in [-0.05, 0) is 26.0 Å². The molecule has 3 atom stereocenters. The summed E-state index contributed by atoms with van der Waals surface area (Å²) >= 11 is 0. The summed E-state index contributed by atoms with van der Waals surface area (Å²) < 4.78 is 0. The molecule has 0 saturated heterocycles. The highest BCUT2D eigenvalue weighted by molar-refractivity contribution is 5.31. The molecule has 1 aliphatic rings. The first kappa shape index (κ1) is 12.4. The van der Waals surface area contributed by atoms with Gasteiger partial charge in [0.15, 0.2) is 0 Å². The van der Waals surface area contributed by atoms with E-state index < -0.39 is 11.9 Å². The Kier molecular flexibility index (Phi) is 3.67. The highest BCUT2D eigenvalue weighted by Crippen LogP contribution is 2.22. The second-order valence-corrected chi connectivity index (χ2v) is 4.08. The van der Waals surface area contributed by atoms with E-state index in [-0.39, 0.29) is 6.04 Å². The van der Waals surface area contributed by atoms with Crippen molar-refractivity contribution in [3.8, 4) is 0 Å². The molecule has 0 aromatic carbocycles. The molecule has 4 nitrogen and oxygen atoms in total. The van der Waals surface area contributed by atoms with Crippen molar-refractivity contribution in [3.05, 3.63) is 23.8 Å². The van der Waals surface area contributed by atoms with E-state index >= 15 is 0 Å². The van der Waals surface area contributed by atoms with Gasteiger partial charge < -0.3 is 16.6 Å². The van der Waals surface area contributed by atoms with Crippen molar-refractivity contribution in [2.45, 2.75) is 38.7 Å². The predicted octanol–water partition coefficient (Wildman–Crippen LogP) is 0.145. The maximum absolute atomic E-state index is 9.63. The number of aliphatic hydroxyl groups excluding tert-OH is 1. The number of nitrogens with two attached hydrogens (primary N) is 2. The molecule has 0 aromatic heterocycles. The van der Waals surface area contributed by atoms with Crippen LogP contribution < -0.4 is 11.5 Å². The van der Waals surface area contributed by atoms with Crippen LogP contribution in [0.15, 0.2) is 23.8 Å². The third-order valence-corrected chi connectivity index (χ3v) is 2.84. The van der Waals surface area contributed by atoms with Gasteiger partial charge in [-0.15, -0.1) is 0 Å². The van der Waals surface area contributed by atoms with Gasteiger partial charge in [-0.25, -0.2) is 0 Å². The normalized spacial score (nSPS) is 33.0. The number of rotatable bonds is 3. The Labute approximate surface area is 91.2 Å². The Bertz CT molecular complexity index is 286. The topological polar surface area (TPSA) is 75.5 Å². The van der Waals surface area contributed by atoms with E-state index in [0.29, 0.717) is 6.54 Å². The summed E-state index contributed by atoms with van der Waals surface area (Å²) in [6.07, 6.45) is 5.05. The molecular formula is C11H21N3O. The Morgan fingerprint density at radius 2 is 2.27 bits per heavy atom. The number of hydrogen-bond donors (Lipinski definition) is 3. The maximum Gasteiger partial charge on any atom is 0.109 e. The number of aliphatic hydroxyl groups is 1. The van der Waals surface area contributed by atoms with Crippen molar-refractivity contribution in [2.75, 3.05) is 6.54 Å². The van der Waals surface area contributed by atoms with Crippen LogP contribution in [-0.2, 0) is 0 Å². The minimum atomic E-state index is -0.719. The smallest absolute Gasteiger partial charge is 0.109 e. The fraction of sp³-hybridized carbons (Fsp3) is 0.636. The second kappa shape index (κ2) is 4.45. The van der Waals surface area contributed by atoms with Crippen molar-refractivity contribution < 1.29 is 5.11 Å². The first-order chi connectivity index (χ1) is 6.90. The summed E-state index contributed by atoms with van der Waals surface area (Å²) in [6, 6.07) is -0.0608. The summed E-state index contributed by atoms with van der Waals surface area (Å²) in [5, 5.41) is 9.63. The van der Waals surface area contributed by atoms with E-state index in [2.05, 4.69) is 0 Å². The second-order valence-electron chi connectivity index (χ2n) is 4.08. The quantitative estimate of drug-likeness (QED) is 0.458. The fourth-order valence-corrected chi connectivity index (χ4v) is 1.96. The van der Waals surface area contributed by atoms with Crippen LogP contribution in [0.4, 0.5) is 0 Å². The molecule has 3 unspecified atom stereocenters. The van der Waals surface area contributed by atoms with E-state index in [1.54, 1.807) is 11.8 Å². The molecule has 0 spiro atoms. The van der Waals surface area contributed by atoms with Crippen LogP contribution in [0.25, 0.3) is 0 Å². The van der Waals surface area contributed by atoms with Gasteiger partial charge in [0.05, 0.1) is 0 Å². The minimum Gasteiger partial charge on any atom is -0.379 e. The molecule has 5 N–H and O–H groups in total. The zero-order valence-electron chi connectivity index (χ0n) is 9.64. The SMILES string of the molecule is CCN(C(C)O)C1(N)C=CC(N)C(C)=C1. The zero-order chi connectivity index (χ0) is 11.6. The Morgan fingerprint density at radius 3 is 2.67 bits per heavy atom. The summed E-state index contributed by atoms with van der Waals surface area (Å²) in [6.45, 7) is 6.31. The molecule has 0 aliphatic heterocycles. The molecule has 0 bridgehead atoms. The zero-order valence-corrected chi connectivity index (χ0v) is 9.64. The Hall–Kier alpha value is -0.680. The molecule has 4 heteroatoms. The van der Waals surface area contributed by atoms with Crippen LogP contribution in [0.2, 0.25) is 0 Å². The van der Waals surface area contributed by atoms with Gasteiger partial charge in [0.2, 0.25) is 0 Å². The molecule has 1 rings (SSSR count). The highest BCUT2D eigenvalue weighted by Gasteiger charge is 2.32. The maximum atomic E-state index is 9.63. The average molecular weight is 211 g/mol. The first-order valence-corrected chi connectivity index (χ1v) is 5.28. The van der Waals surface area contributed by atoms with E-state index in [1.165, 1.54) is 0 Å². The molecule has 0 amide bonds. The Morgan fingerprint density at radius 1 is 1.67 bits per heavy atom. The van der Waals surface area contributed by atoms with Crippen LogP contribution in [0, 0.1) is 0 Å². The van der Waals surface area contributed by atoms with Crippen LogP contribution in [0.3, 0.4) is 0 Å². The molecule has 86 valence electrons. The van der Waals surface area contributed by atoms with E-state index in [1.807, 2.05) is 32.1 Å². The molecule has 15 heavy (non-hydrogen) atoms. The van der Waals surface area contributed by atoms with Crippen LogP contribution >= 0.6 is 0 Å². The van der Waals surface area contributed by atoms with Crippen LogP contribution in [-0.4, -0.2) is 34.5 Å². The van der Waals surface area contributed by atoms with E-state index in [0.717, 1.165) is 5.57 Å². The highest BCUT2D eigenvalue weighted by atomic mass is 16.3. The van der Waals surface area contributed by atoms with Crippen molar-refractivity contribution in [3.63, 3.8) is 0 Å². The summed E-state index contributed by atoms with van der Waals surface area (Å²) in [5.41, 5.74) is 12.3. The fourth-order valence-electron chi connectivity index (χ4n) is 1.96. The molecule has 0 radical (unpaired) electrons. The molecule has 0 fully saturated rings. The van der Waals surface area contributed by atoms with Crippen LogP contribution in [0.1, 0.15) is 20.8 Å². The van der Waals surface area contributed by atoms with Gasteiger partial charge in [-0.2, -0.15) is 0 Å². The van der Waals surface area contributed by atoms with Crippen molar-refractivity contribution in [1.82, 2.24) is 4.90 Å². The van der Waals surface area contributed by atoms with Gasteiger partial charge in [-0.3, -0.25) is 4.90 Å². The number of hydrogen-bond acceptors (Lipinski definition) is 4. The predicted molar refractivity (Wildman–Crippen MR) is 61.9 cm³/mol. The molecule has 0 aromatic rings. The Balaban J connectivity index is 2.97. The summed E-state index contributed by atoms with van der Waals surface area (Å²) in [7, 11) is 0. The third kappa shape index (κ3) is 2.46. The number of nitrogens with zero attached hydrogens (tertiary/aromatic N) is 1. The summed E-state index contributed by atoms with van der Waals surface area (Å²) in [5.74, 6) is 0. The van der Waals surface area contributed by atoms with Gasteiger partial charge >= 0.3 is 0 Å². The van der Waals surface area contributed by atoms with E-state index in [9.17, 15) is 5.11 Å². The lowest BCUT2D eigenvalue weighted by Crippen LogP contribution is -2.58. The lowest BCUT2D eigenvalue weighted by molar-refractivity contribution is -0.0189. The largest absolute Gasteiger partial charge is 0.379 e. The lowest BCUT2D eigenvalue weighted by Gasteiger charge is -2.40. The molecular weight excluding hydrogens is 190 g/mol. The van der Waals surface area contributed by atoms with Gasteiger partial charge in [-0.1, -0.05) is 18.6 Å². The van der Waals surface area contributed by atoms with E-state index in [4.69, 9.17) is 11.5 Å². The third-order valence-electron chi connectivity index (χ3n) is 2.84. The lowest BCUT2D eigenvalue weighted by atomic mass is 9.94. The molecule has 0 saturated carbocycles. The molecule has 0 heterocycles. The van der Waals surface area contributed by atoms with Gasteiger partial charge in [0.1, 0.15) is 11.9 Å².